The average molecular weight is 461 g/mol. The molecule has 2 aromatic carbocycles. The number of hydrogen-bond acceptors (Lipinski definition) is 8. The highest BCUT2D eigenvalue weighted by atomic mass is 32.1. The Hall–Kier alpha value is -3.87. The second-order valence-corrected chi connectivity index (χ2v) is 7.22. The first-order valence-electron chi connectivity index (χ1n) is 10.4. The van der Waals surface area contributed by atoms with Gasteiger partial charge in [0.2, 0.25) is 0 Å². The summed E-state index contributed by atoms with van der Waals surface area (Å²) in [5, 5.41) is 10.9. The van der Waals surface area contributed by atoms with Gasteiger partial charge < -0.3 is 20.8 Å². The third-order valence-corrected chi connectivity index (χ3v) is 5.46. The van der Waals surface area contributed by atoms with E-state index >= 15 is 0 Å². The summed E-state index contributed by atoms with van der Waals surface area (Å²) in [6.45, 7) is 0. The maximum absolute atomic E-state index is 9.98. The zero-order chi connectivity index (χ0) is 23.8. The molecule has 1 aliphatic carbocycles. The zero-order valence-electron chi connectivity index (χ0n) is 18.1. The molecule has 1 saturated carbocycles. The zero-order valence-corrected chi connectivity index (χ0v) is 19.0. The van der Waals surface area contributed by atoms with Crippen LogP contribution in [0, 0.1) is 11.3 Å². The van der Waals surface area contributed by atoms with Gasteiger partial charge in [-0.1, -0.05) is 12.1 Å². The molecule has 0 saturated heterocycles. The number of nitriles is 1. The monoisotopic (exact) mass is 460 g/mol. The molecular formula is C24H24N6O2S. The van der Waals surface area contributed by atoms with Crippen molar-refractivity contribution in [1.82, 2.24) is 14.5 Å². The number of benzene rings is 2. The summed E-state index contributed by atoms with van der Waals surface area (Å²) in [6.07, 6.45) is 6.68. The first kappa shape index (κ1) is 23.8. The van der Waals surface area contributed by atoms with E-state index in [0.29, 0.717) is 29.1 Å². The van der Waals surface area contributed by atoms with E-state index in [9.17, 15) is 5.26 Å². The maximum Gasteiger partial charge on any atom is 0.321 e. The smallest absolute Gasteiger partial charge is 0.321 e. The second-order valence-electron chi connectivity index (χ2n) is 7.22. The Bertz CT molecular complexity index is 1250. The molecule has 0 aliphatic heterocycles. The van der Waals surface area contributed by atoms with Crippen molar-refractivity contribution in [2.75, 3.05) is 12.8 Å². The van der Waals surface area contributed by atoms with Gasteiger partial charge in [-0.2, -0.15) is 9.47 Å². The molecule has 2 heterocycles. The number of aromatic nitrogens is 3. The number of rotatable bonds is 4. The van der Waals surface area contributed by atoms with Gasteiger partial charge in [-0.25, -0.2) is 9.97 Å². The highest BCUT2D eigenvalue weighted by Crippen LogP contribution is 2.43. The van der Waals surface area contributed by atoms with Gasteiger partial charge in [0.15, 0.2) is 12.5 Å². The summed E-state index contributed by atoms with van der Waals surface area (Å²) < 4.78 is 16.0. The maximum atomic E-state index is 9.98. The van der Waals surface area contributed by atoms with Crippen LogP contribution in [-0.2, 0) is 12.5 Å². The molecule has 4 N–H and O–H groups in total. The lowest BCUT2D eigenvalue weighted by molar-refractivity contribution is 0.324. The first-order chi connectivity index (χ1) is 16.2. The van der Waals surface area contributed by atoms with E-state index in [-0.39, 0.29) is 0 Å². The molecule has 9 heteroatoms. The van der Waals surface area contributed by atoms with Gasteiger partial charge in [-0.05, 0) is 62.2 Å². The third kappa shape index (κ3) is 4.82. The standard InChI is InChI=1S/C23H19N5O.CH5N.OS/c24-14-20-19-10-9-18(29-23-26-11-2-12-27-23)13-21(19)28(17-3-1-4-17)22(20)15-5-7-16(25)8-6-15;2*1-2/h2,5-13,17H,1,3-4,25H2;2H2,1H3;. The highest BCUT2D eigenvalue weighted by Gasteiger charge is 2.28. The fourth-order valence-electron chi connectivity index (χ4n) is 3.86. The summed E-state index contributed by atoms with van der Waals surface area (Å²) >= 11 is 2.83. The van der Waals surface area contributed by atoms with E-state index in [0.717, 1.165) is 35.0 Å². The third-order valence-electron chi connectivity index (χ3n) is 5.46. The number of nitrogen functional groups attached to an aromatic ring is 1. The lowest BCUT2D eigenvalue weighted by Crippen LogP contribution is -2.17. The van der Waals surface area contributed by atoms with E-state index in [1.165, 1.54) is 13.5 Å². The van der Waals surface area contributed by atoms with E-state index in [1.807, 2.05) is 42.5 Å². The number of fused-ring (bicyclic) bond motifs is 1. The van der Waals surface area contributed by atoms with Gasteiger partial charge in [-0.15, -0.1) is 0 Å². The molecule has 4 aromatic rings. The Kier molecular flexibility index (Phi) is 8.02. The number of hydrogen-bond donors (Lipinski definition) is 2. The van der Waals surface area contributed by atoms with Crippen LogP contribution in [0.1, 0.15) is 30.9 Å². The Morgan fingerprint density at radius 3 is 2.33 bits per heavy atom. The highest BCUT2D eigenvalue weighted by molar-refractivity contribution is 7.44. The molecule has 0 atom stereocenters. The first-order valence-corrected chi connectivity index (χ1v) is 10.7. The molecule has 8 nitrogen and oxygen atoms in total. The Labute approximate surface area is 197 Å². The molecule has 1 aliphatic rings. The van der Waals surface area contributed by atoms with Crippen LogP contribution in [-0.4, -0.2) is 25.8 Å². The normalized spacial score (nSPS) is 12.4. The predicted molar refractivity (Wildman–Crippen MR) is 130 cm³/mol. The van der Waals surface area contributed by atoms with Crippen LogP contribution in [0.5, 0.6) is 11.8 Å². The van der Waals surface area contributed by atoms with Crippen LogP contribution in [0.15, 0.2) is 60.9 Å². The minimum atomic E-state index is 0.299. The SMILES string of the molecule is CN.N#Cc1c(-c2ccc(N)cc2)n(C2CCC2)c2cc(Oc3ncccn3)ccc12.O=S. The molecule has 0 unspecified atom stereocenters. The van der Waals surface area contributed by atoms with Crippen molar-refractivity contribution in [3.05, 3.63) is 66.5 Å². The average Bonchev–Trinajstić information content (AvgIpc) is 3.15. The van der Waals surface area contributed by atoms with Gasteiger partial charge in [0.25, 0.3) is 0 Å². The molecule has 1 fully saturated rings. The van der Waals surface area contributed by atoms with Crippen LogP contribution in [0.3, 0.4) is 0 Å². The van der Waals surface area contributed by atoms with E-state index in [2.05, 4.69) is 38.9 Å². The van der Waals surface area contributed by atoms with Crippen molar-refractivity contribution in [3.8, 4) is 29.1 Å². The molecule has 168 valence electrons. The molecule has 2 aromatic heterocycles. The van der Waals surface area contributed by atoms with Crippen LogP contribution in [0.25, 0.3) is 22.2 Å². The van der Waals surface area contributed by atoms with Gasteiger partial charge in [0, 0.05) is 35.6 Å². The molecule has 0 spiro atoms. The number of anilines is 1. The minimum Gasteiger partial charge on any atom is -0.424 e. The summed E-state index contributed by atoms with van der Waals surface area (Å²) in [5.41, 5.74) is 14.7. The summed E-state index contributed by atoms with van der Waals surface area (Å²) in [4.78, 5) is 8.26. The van der Waals surface area contributed by atoms with Gasteiger partial charge in [-0.3, -0.25) is 0 Å². The summed E-state index contributed by atoms with van der Waals surface area (Å²) in [5.74, 6) is 0.648. The molecule has 0 bridgehead atoms. The molecule has 0 radical (unpaired) electrons. The number of nitrogens with two attached hydrogens (primary N) is 2. The van der Waals surface area contributed by atoms with Crippen LogP contribution in [0.2, 0.25) is 0 Å². The predicted octanol–water partition coefficient (Wildman–Crippen LogP) is 4.31. The summed E-state index contributed by atoms with van der Waals surface area (Å²) in [6, 6.07) is 18.3. The Morgan fingerprint density at radius 2 is 1.76 bits per heavy atom. The van der Waals surface area contributed by atoms with Gasteiger partial charge in [0.05, 0.1) is 16.8 Å². The van der Waals surface area contributed by atoms with Crippen LogP contribution < -0.4 is 16.2 Å². The van der Waals surface area contributed by atoms with E-state index in [4.69, 9.17) is 14.7 Å². The molecule has 0 amide bonds. The van der Waals surface area contributed by atoms with Crippen molar-refractivity contribution >= 4 is 29.1 Å². The van der Waals surface area contributed by atoms with Crippen molar-refractivity contribution in [3.63, 3.8) is 0 Å². The lowest BCUT2D eigenvalue weighted by atomic mass is 9.92. The minimum absolute atomic E-state index is 0.299. The van der Waals surface area contributed by atoms with Crippen molar-refractivity contribution in [1.29, 1.82) is 5.26 Å². The second kappa shape index (κ2) is 11.1. The fraction of sp³-hybridized carbons (Fsp3) is 0.208. The van der Waals surface area contributed by atoms with E-state index < -0.39 is 0 Å². The van der Waals surface area contributed by atoms with E-state index in [1.54, 1.807) is 18.5 Å². The van der Waals surface area contributed by atoms with Crippen LogP contribution >= 0.6 is 0 Å². The molecule has 33 heavy (non-hydrogen) atoms. The van der Waals surface area contributed by atoms with Gasteiger partial charge in [0.1, 0.15) is 11.8 Å². The molecule has 5 rings (SSSR count). The van der Waals surface area contributed by atoms with Crippen LogP contribution in [0.4, 0.5) is 5.69 Å². The topological polar surface area (TPSA) is 133 Å². The lowest BCUT2D eigenvalue weighted by Gasteiger charge is -2.30. The summed E-state index contributed by atoms with van der Waals surface area (Å²) in [7, 11) is 1.50. The van der Waals surface area contributed by atoms with Gasteiger partial charge >= 0.3 is 6.01 Å². The largest absolute Gasteiger partial charge is 0.424 e. The number of ether oxygens (including phenoxy) is 1. The Morgan fingerprint density at radius 1 is 1.09 bits per heavy atom. The van der Waals surface area contributed by atoms with Crippen molar-refractivity contribution in [2.24, 2.45) is 5.73 Å². The number of nitrogens with zero attached hydrogens (tertiary/aromatic N) is 4. The fourth-order valence-corrected chi connectivity index (χ4v) is 3.86. The van der Waals surface area contributed by atoms with Crippen molar-refractivity contribution < 1.29 is 8.95 Å². The van der Waals surface area contributed by atoms with Crippen molar-refractivity contribution in [2.45, 2.75) is 25.3 Å². The quantitative estimate of drug-likeness (QED) is 0.431. The molecular weight excluding hydrogens is 436 g/mol. The Balaban J connectivity index is 0.000000728.